The van der Waals surface area contributed by atoms with E-state index in [4.69, 9.17) is 5.73 Å². The maximum atomic E-state index is 10.5. The average molecular weight is 133 g/mol. The molecule has 2 N–H and O–H groups in total. The predicted octanol–water partition coefficient (Wildman–Crippen LogP) is 0.433. The smallest absolute Gasteiger partial charge is 0.0684 e. The fraction of sp³-hybridized carbons (Fsp3) is 1.00. The van der Waals surface area contributed by atoms with E-state index < -0.39 is 6.17 Å². The van der Waals surface area contributed by atoms with E-state index in [1.165, 1.54) is 7.11 Å². The molecule has 56 valence electrons. The second kappa shape index (κ2) is 4.69. The van der Waals surface area contributed by atoms with Gasteiger partial charge in [0.2, 0.25) is 0 Å². The van der Waals surface area contributed by atoms with Crippen molar-refractivity contribution in [2.45, 2.75) is 25.9 Å². The van der Waals surface area contributed by atoms with Crippen LogP contribution in [0.4, 0.5) is 0 Å². The summed E-state index contributed by atoms with van der Waals surface area (Å²) in [5, 5.41) is 10.9. The summed E-state index contributed by atoms with van der Waals surface area (Å²) in [5.74, 6) is 0. The lowest BCUT2D eigenvalue weighted by Gasteiger charge is -2.30. The first-order valence-electron chi connectivity index (χ1n) is 2.98. The summed E-state index contributed by atoms with van der Waals surface area (Å²) in [6, 6.07) is 0. The Hall–Kier alpha value is -0.160. The van der Waals surface area contributed by atoms with Crippen LogP contribution in [-0.2, 0) is 4.84 Å². The van der Waals surface area contributed by atoms with E-state index in [2.05, 4.69) is 4.84 Å². The molecule has 1 unspecified atom stereocenters. The molecule has 1 atom stereocenters. The average Bonchev–Trinajstić information content (AvgIpc) is 1.87. The summed E-state index contributed by atoms with van der Waals surface area (Å²) in [4.78, 5) is 4.32. The molecule has 0 aliphatic carbocycles. The molecule has 0 aliphatic rings. The first kappa shape index (κ1) is 8.84. The van der Waals surface area contributed by atoms with Crippen LogP contribution in [0.5, 0.6) is 0 Å². The van der Waals surface area contributed by atoms with Gasteiger partial charge in [0.05, 0.1) is 13.3 Å². The van der Waals surface area contributed by atoms with Crippen LogP contribution in [0.25, 0.3) is 0 Å². The number of hydrogen-bond donors (Lipinski definition) is 1. The maximum Gasteiger partial charge on any atom is 0.0684 e. The molecule has 0 aliphatic heterocycles. The fourth-order valence-electron chi connectivity index (χ4n) is 0.537. The van der Waals surface area contributed by atoms with Gasteiger partial charge in [-0.25, -0.2) is 5.23 Å². The molecule has 0 saturated heterocycles. The first-order chi connectivity index (χ1) is 4.22. The van der Waals surface area contributed by atoms with E-state index >= 15 is 0 Å². The lowest BCUT2D eigenvalue weighted by molar-refractivity contribution is -0.120. The highest BCUT2D eigenvalue weighted by Gasteiger charge is 2.00. The van der Waals surface area contributed by atoms with Crippen LogP contribution in [-0.4, -0.2) is 18.5 Å². The molecule has 0 heterocycles. The Bertz CT molecular complexity index is 70.0. The van der Waals surface area contributed by atoms with Gasteiger partial charge in [-0.05, 0) is 6.42 Å². The van der Waals surface area contributed by atoms with Crippen molar-refractivity contribution in [3.8, 4) is 0 Å². The molecule has 0 aromatic carbocycles. The SMILES string of the molecule is CCCC(N)N([O-])OC. The molecule has 0 amide bonds. The third-order valence-corrected chi connectivity index (χ3v) is 1.04. The van der Waals surface area contributed by atoms with Crippen LogP contribution in [0.3, 0.4) is 0 Å². The quantitative estimate of drug-likeness (QED) is 0.446. The van der Waals surface area contributed by atoms with Gasteiger partial charge in [0.15, 0.2) is 0 Å². The normalized spacial score (nSPS) is 14.3. The largest absolute Gasteiger partial charge is 0.761 e. The monoisotopic (exact) mass is 133 g/mol. The summed E-state index contributed by atoms with van der Waals surface area (Å²) in [5.41, 5.74) is 5.33. The van der Waals surface area contributed by atoms with Gasteiger partial charge >= 0.3 is 0 Å². The molecule has 0 rings (SSSR count). The molecule has 0 fully saturated rings. The van der Waals surface area contributed by atoms with Crippen molar-refractivity contribution < 1.29 is 4.84 Å². The molecule has 0 saturated carbocycles. The Labute approximate surface area is 55.1 Å². The highest BCUT2D eigenvalue weighted by Crippen LogP contribution is 1.97. The van der Waals surface area contributed by atoms with Crippen molar-refractivity contribution in [1.29, 1.82) is 0 Å². The van der Waals surface area contributed by atoms with Crippen molar-refractivity contribution in [2.24, 2.45) is 5.73 Å². The minimum absolute atomic E-state index is 0.406. The van der Waals surface area contributed by atoms with Gasteiger partial charge in [-0.3, -0.25) is 0 Å². The number of rotatable bonds is 4. The summed E-state index contributed by atoms with van der Waals surface area (Å²) < 4.78 is 0. The molecule has 4 heteroatoms. The van der Waals surface area contributed by atoms with Crippen LogP contribution in [0.1, 0.15) is 19.8 Å². The molecule has 0 spiro atoms. The minimum Gasteiger partial charge on any atom is -0.761 e. The maximum absolute atomic E-state index is 10.5. The molecule has 0 aromatic heterocycles. The van der Waals surface area contributed by atoms with Crippen molar-refractivity contribution in [3.63, 3.8) is 0 Å². The van der Waals surface area contributed by atoms with Gasteiger partial charge in [-0.15, -0.1) is 0 Å². The van der Waals surface area contributed by atoms with Crippen molar-refractivity contribution in [2.75, 3.05) is 7.11 Å². The number of nitrogens with two attached hydrogens (primary N) is 1. The number of hydrogen-bond acceptors (Lipinski definition) is 4. The van der Waals surface area contributed by atoms with E-state index in [9.17, 15) is 5.21 Å². The third kappa shape index (κ3) is 3.42. The van der Waals surface area contributed by atoms with Gasteiger partial charge in [0.25, 0.3) is 0 Å². The second-order valence-corrected chi connectivity index (χ2v) is 1.82. The Morgan fingerprint density at radius 3 is 2.67 bits per heavy atom. The molecule has 4 nitrogen and oxygen atoms in total. The van der Waals surface area contributed by atoms with Gasteiger partial charge in [-0.2, -0.15) is 0 Å². The number of hydroxylamine groups is 2. The lowest BCUT2D eigenvalue weighted by Crippen LogP contribution is -2.36. The van der Waals surface area contributed by atoms with E-state index in [-0.39, 0.29) is 0 Å². The van der Waals surface area contributed by atoms with Gasteiger partial charge in [0, 0.05) is 0 Å². The lowest BCUT2D eigenvalue weighted by atomic mass is 10.3. The van der Waals surface area contributed by atoms with Crippen molar-refractivity contribution in [3.05, 3.63) is 5.21 Å². The Kier molecular flexibility index (Phi) is 4.61. The Balaban J connectivity index is 3.32. The summed E-state index contributed by atoms with van der Waals surface area (Å²) in [7, 11) is 1.31. The molecular weight excluding hydrogens is 120 g/mol. The zero-order valence-electron chi connectivity index (χ0n) is 5.83. The topological polar surface area (TPSA) is 61.5 Å². The van der Waals surface area contributed by atoms with E-state index in [0.717, 1.165) is 6.42 Å². The zero-order chi connectivity index (χ0) is 7.28. The molecule has 0 radical (unpaired) electrons. The minimum atomic E-state index is -0.514. The highest BCUT2D eigenvalue weighted by atomic mass is 16.9. The zero-order valence-corrected chi connectivity index (χ0v) is 5.83. The van der Waals surface area contributed by atoms with Gasteiger partial charge in [-0.1, -0.05) is 13.3 Å². The van der Waals surface area contributed by atoms with Crippen LogP contribution < -0.4 is 5.73 Å². The van der Waals surface area contributed by atoms with E-state index in [1.807, 2.05) is 6.92 Å². The van der Waals surface area contributed by atoms with E-state index in [0.29, 0.717) is 11.6 Å². The standard InChI is InChI=1S/C5H13N2O2/c1-3-4-5(6)7(8)9-2/h5H,3-4,6H2,1-2H3/q-1. The third-order valence-electron chi connectivity index (χ3n) is 1.04. The van der Waals surface area contributed by atoms with Gasteiger partial charge < -0.3 is 15.8 Å². The summed E-state index contributed by atoms with van der Waals surface area (Å²) >= 11 is 0. The van der Waals surface area contributed by atoms with Crippen LogP contribution in [0.2, 0.25) is 0 Å². The first-order valence-corrected chi connectivity index (χ1v) is 2.98. The number of nitrogens with zero attached hydrogens (tertiary/aromatic N) is 1. The fourth-order valence-corrected chi connectivity index (χ4v) is 0.537. The van der Waals surface area contributed by atoms with Crippen LogP contribution in [0.15, 0.2) is 0 Å². The highest BCUT2D eigenvalue weighted by molar-refractivity contribution is 4.55. The van der Waals surface area contributed by atoms with Crippen LogP contribution in [0, 0.1) is 5.21 Å². The molecular formula is C5H13N2O2-. The van der Waals surface area contributed by atoms with E-state index in [1.54, 1.807) is 0 Å². The van der Waals surface area contributed by atoms with Gasteiger partial charge in [0.1, 0.15) is 0 Å². The summed E-state index contributed by atoms with van der Waals surface area (Å²) in [6.07, 6.45) is 1.04. The second-order valence-electron chi connectivity index (χ2n) is 1.82. The van der Waals surface area contributed by atoms with Crippen molar-refractivity contribution in [1.82, 2.24) is 5.23 Å². The Morgan fingerprint density at radius 2 is 2.33 bits per heavy atom. The van der Waals surface area contributed by atoms with Crippen LogP contribution >= 0.6 is 0 Å². The predicted molar refractivity (Wildman–Crippen MR) is 35.1 cm³/mol. The molecule has 0 aromatic rings. The Morgan fingerprint density at radius 1 is 1.78 bits per heavy atom. The molecule has 9 heavy (non-hydrogen) atoms. The van der Waals surface area contributed by atoms with Crippen molar-refractivity contribution >= 4 is 0 Å². The summed E-state index contributed by atoms with van der Waals surface area (Å²) in [6.45, 7) is 1.96. The molecule has 0 bridgehead atoms.